The summed E-state index contributed by atoms with van der Waals surface area (Å²) in [6.45, 7) is 0. The molecule has 1 rings (SSSR count). The number of rotatable bonds is 1. The van der Waals surface area contributed by atoms with Crippen molar-refractivity contribution in [2.24, 2.45) is 7.05 Å². The summed E-state index contributed by atoms with van der Waals surface area (Å²) in [4.78, 5) is 10.4. The average Bonchev–Trinajstić information content (AvgIpc) is 2.11. The molecule has 1 aromatic rings. The van der Waals surface area contributed by atoms with Crippen molar-refractivity contribution in [3.8, 4) is 0 Å². The number of nitrogens with zero attached hydrogens (tertiary/aromatic N) is 3. The van der Waals surface area contributed by atoms with E-state index in [2.05, 4.69) is 10.3 Å². The van der Waals surface area contributed by atoms with Gasteiger partial charge in [0, 0.05) is 11.6 Å². The van der Waals surface area contributed by atoms with Crippen LogP contribution in [0, 0.1) is 0 Å². The second kappa shape index (κ2) is 2.40. The molecule has 6 heteroatoms. The van der Waals surface area contributed by atoms with Gasteiger partial charge in [-0.3, -0.25) is 0 Å². The molecule has 0 radical (unpaired) electrons. The summed E-state index contributed by atoms with van der Waals surface area (Å²) in [5.41, 5.74) is 0.201. The molecule has 0 saturated carbocycles. The normalized spacial score (nSPS) is 9.70. The van der Waals surface area contributed by atoms with Crippen LogP contribution in [-0.4, -0.2) is 42.4 Å². The van der Waals surface area contributed by atoms with Gasteiger partial charge in [-0.15, -0.1) is 0 Å². The Bertz CT molecular complexity index is 250. The molecule has 0 aliphatic rings. The minimum absolute atomic E-state index is 0.201. The number of hydrogen-bond acceptors (Lipinski definition) is 3. The zero-order valence-corrected chi connectivity index (χ0v) is 7.70. The van der Waals surface area contributed by atoms with Crippen LogP contribution in [0.3, 0.4) is 0 Å². The Morgan fingerprint density at radius 1 is 1.80 bits per heavy atom. The SMILES string of the molecule is Cn1nn[c]([AlH2])c1C(=O)O. The number of aromatic carboxylic acids is 1. The van der Waals surface area contributed by atoms with E-state index in [4.69, 9.17) is 5.11 Å². The monoisotopic (exact) mass is 155 g/mol. The molecule has 0 spiro atoms. The summed E-state index contributed by atoms with van der Waals surface area (Å²) >= 11 is 0.619. The zero-order chi connectivity index (χ0) is 7.72. The molecular formula is C4H6AlN3O2. The number of carboxylic acids is 1. The quantitative estimate of drug-likeness (QED) is 0.466. The topological polar surface area (TPSA) is 68.0 Å². The van der Waals surface area contributed by atoms with Crippen molar-refractivity contribution in [3.05, 3.63) is 5.69 Å². The fourth-order valence-corrected chi connectivity index (χ4v) is 1.38. The van der Waals surface area contributed by atoms with Crippen molar-refractivity contribution in [2.45, 2.75) is 0 Å². The van der Waals surface area contributed by atoms with E-state index < -0.39 is 5.97 Å². The Balaban J connectivity index is 3.23. The van der Waals surface area contributed by atoms with Crippen molar-refractivity contribution >= 4 is 26.8 Å². The van der Waals surface area contributed by atoms with Gasteiger partial charge in [0.15, 0.2) is 5.69 Å². The van der Waals surface area contributed by atoms with E-state index in [1.807, 2.05) is 0 Å². The first-order valence-corrected chi connectivity index (χ1v) is 3.72. The summed E-state index contributed by atoms with van der Waals surface area (Å²) in [5, 5.41) is 15.7. The van der Waals surface area contributed by atoms with Crippen LogP contribution in [0.15, 0.2) is 0 Å². The van der Waals surface area contributed by atoms with E-state index in [1.165, 1.54) is 4.68 Å². The van der Waals surface area contributed by atoms with Crippen molar-refractivity contribution in [3.63, 3.8) is 0 Å². The minimum atomic E-state index is -0.961. The van der Waals surface area contributed by atoms with Gasteiger partial charge in [-0.1, -0.05) is 5.21 Å². The van der Waals surface area contributed by atoms with Gasteiger partial charge in [0.05, 0.1) is 0 Å². The summed E-state index contributed by atoms with van der Waals surface area (Å²) in [5.74, 6) is -0.961. The molecule has 0 fully saturated rings. The number of carbonyl (C=O) groups is 1. The average molecular weight is 155 g/mol. The Labute approximate surface area is 65.1 Å². The predicted molar refractivity (Wildman–Crippen MR) is 36.1 cm³/mol. The van der Waals surface area contributed by atoms with Crippen LogP contribution >= 0.6 is 0 Å². The van der Waals surface area contributed by atoms with E-state index in [1.54, 1.807) is 7.05 Å². The molecule has 0 amide bonds. The van der Waals surface area contributed by atoms with Crippen LogP contribution in [0.1, 0.15) is 10.5 Å². The molecule has 0 saturated heterocycles. The second-order valence-electron chi connectivity index (χ2n) is 1.95. The lowest BCUT2D eigenvalue weighted by molar-refractivity contribution is 0.0686. The molecule has 1 aromatic heterocycles. The van der Waals surface area contributed by atoms with Crippen LogP contribution in [0.5, 0.6) is 0 Å². The molecule has 0 bridgehead atoms. The Morgan fingerprint density at radius 3 is 2.60 bits per heavy atom. The highest BCUT2D eigenvalue weighted by atomic mass is 27.0. The highest BCUT2D eigenvalue weighted by Gasteiger charge is 2.12. The maximum Gasteiger partial charge on any atom is 0.354 e. The van der Waals surface area contributed by atoms with Crippen molar-refractivity contribution in [1.82, 2.24) is 15.0 Å². The van der Waals surface area contributed by atoms with Gasteiger partial charge in [-0.2, -0.15) is 5.10 Å². The Kier molecular flexibility index (Phi) is 1.74. The molecule has 0 aliphatic heterocycles. The highest BCUT2D eigenvalue weighted by Crippen LogP contribution is 1.87. The standard InChI is InChI=1S/C4H4N3O2.Al.2H/c1-7-3(4(8)9)2-5-6-7;;;/h1H3,(H,8,9);;;. The van der Waals surface area contributed by atoms with Crippen LogP contribution < -0.4 is 4.56 Å². The molecule has 0 unspecified atom stereocenters. The predicted octanol–water partition coefficient (Wildman–Crippen LogP) is -2.23. The summed E-state index contributed by atoms with van der Waals surface area (Å²) in [6.07, 6.45) is 0. The lowest BCUT2D eigenvalue weighted by Crippen LogP contribution is -2.17. The van der Waals surface area contributed by atoms with Crippen molar-refractivity contribution in [1.29, 1.82) is 0 Å². The van der Waals surface area contributed by atoms with Gasteiger partial charge in [-0.25, -0.2) is 9.48 Å². The lowest BCUT2D eigenvalue weighted by Gasteiger charge is -1.92. The number of carboxylic acid groups (broad SMARTS) is 1. The lowest BCUT2D eigenvalue weighted by atomic mass is 10.5. The molecule has 1 heterocycles. The van der Waals surface area contributed by atoms with Crippen LogP contribution in [0.2, 0.25) is 0 Å². The van der Waals surface area contributed by atoms with Gasteiger partial charge in [0.2, 0.25) is 0 Å². The number of aryl methyl sites for hydroxylation is 1. The van der Waals surface area contributed by atoms with E-state index in [-0.39, 0.29) is 5.69 Å². The highest BCUT2D eigenvalue weighted by molar-refractivity contribution is 6.34. The maximum absolute atomic E-state index is 10.4. The largest absolute Gasteiger partial charge is 0.477 e. The van der Waals surface area contributed by atoms with Gasteiger partial charge < -0.3 is 5.11 Å². The van der Waals surface area contributed by atoms with Crippen LogP contribution in [0.25, 0.3) is 0 Å². The molecule has 0 atom stereocenters. The molecule has 1 N–H and O–H groups in total. The van der Waals surface area contributed by atoms with Gasteiger partial charge >= 0.3 is 5.97 Å². The van der Waals surface area contributed by atoms with Gasteiger partial charge in [0.25, 0.3) is 16.3 Å². The minimum Gasteiger partial charge on any atom is -0.477 e. The van der Waals surface area contributed by atoms with Gasteiger partial charge in [0.1, 0.15) is 0 Å². The first-order chi connectivity index (χ1) is 4.63. The third kappa shape index (κ3) is 1.03. The van der Waals surface area contributed by atoms with E-state index in [9.17, 15) is 4.79 Å². The summed E-state index contributed by atoms with van der Waals surface area (Å²) < 4.78 is 1.85. The smallest absolute Gasteiger partial charge is 0.354 e. The van der Waals surface area contributed by atoms with E-state index in [0.29, 0.717) is 20.8 Å². The first-order valence-electron chi connectivity index (χ1n) is 2.72. The molecule has 0 aliphatic carbocycles. The second-order valence-corrected chi connectivity index (χ2v) is 2.90. The maximum atomic E-state index is 10.4. The number of hydrogen-bond donors (Lipinski definition) is 1. The molecule has 52 valence electrons. The molecule has 0 aromatic carbocycles. The first kappa shape index (κ1) is 7.25. The zero-order valence-electron chi connectivity index (χ0n) is 5.70. The van der Waals surface area contributed by atoms with E-state index >= 15 is 0 Å². The van der Waals surface area contributed by atoms with Crippen LogP contribution in [0.4, 0.5) is 0 Å². The van der Waals surface area contributed by atoms with E-state index in [0.717, 1.165) is 0 Å². The molecule has 10 heavy (non-hydrogen) atoms. The third-order valence-electron chi connectivity index (χ3n) is 1.20. The Morgan fingerprint density at radius 2 is 2.40 bits per heavy atom. The molecular weight excluding hydrogens is 149 g/mol. The third-order valence-corrected chi connectivity index (χ3v) is 1.87. The summed E-state index contributed by atoms with van der Waals surface area (Å²) in [6, 6.07) is 0. The number of aromatic nitrogens is 3. The Hall–Kier alpha value is -0.858. The fraction of sp³-hybridized carbons (Fsp3) is 0.250. The fourth-order valence-electron chi connectivity index (χ4n) is 0.754. The van der Waals surface area contributed by atoms with Crippen LogP contribution in [-0.2, 0) is 7.05 Å². The molecule has 5 nitrogen and oxygen atoms in total. The van der Waals surface area contributed by atoms with Gasteiger partial charge in [-0.05, 0) is 0 Å². The van der Waals surface area contributed by atoms with Crippen molar-refractivity contribution in [2.75, 3.05) is 0 Å². The summed E-state index contributed by atoms with van der Waals surface area (Å²) in [7, 11) is 1.57. The van der Waals surface area contributed by atoms with Crippen molar-refractivity contribution < 1.29 is 9.90 Å².